The van der Waals surface area contributed by atoms with Crippen molar-refractivity contribution < 1.29 is 4.79 Å². The van der Waals surface area contributed by atoms with Gasteiger partial charge in [-0.15, -0.1) is 11.3 Å². The van der Waals surface area contributed by atoms with Crippen LogP contribution in [0.4, 0.5) is 0 Å². The number of aryl methyl sites for hydroxylation is 2. The molecule has 0 radical (unpaired) electrons. The zero-order chi connectivity index (χ0) is 18.0. The van der Waals surface area contributed by atoms with Crippen LogP contribution in [0.3, 0.4) is 0 Å². The molecule has 132 valence electrons. The first-order chi connectivity index (χ1) is 12.0. The molecule has 25 heavy (non-hydrogen) atoms. The molecule has 0 unspecified atom stereocenters. The normalized spacial score (nSPS) is 17.3. The number of fused-ring (bicyclic) bond motifs is 1. The van der Waals surface area contributed by atoms with Gasteiger partial charge in [0.25, 0.3) is 0 Å². The standard InChI is InChI=1S/C21H26N2OS/c1-15-8-5-6-9-17(15)19-13-23(21(24)10-7-11-22(3)4)14-20-18(19)12-16(2)25-20/h5-10,12,19H,11,13-14H2,1-4H3/b10-7+/t19-/m0/s1. The van der Waals surface area contributed by atoms with Crippen molar-refractivity contribution in [3.8, 4) is 0 Å². The topological polar surface area (TPSA) is 23.6 Å². The SMILES string of the molecule is Cc1cc2c(s1)CN(C(=O)/C=C/CN(C)C)C[C@H]2c1ccccc1C. The molecule has 0 spiro atoms. The first-order valence-corrected chi connectivity index (χ1v) is 9.52. The van der Waals surface area contributed by atoms with Gasteiger partial charge in [-0.25, -0.2) is 0 Å². The third-order valence-electron chi connectivity index (χ3n) is 4.68. The van der Waals surface area contributed by atoms with Crippen molar-refractivity contribution in [2.75, 3.05) is 27.2 Å². The lowest BCUT2D eigenvalue weighted by Crippen LogP contribution is -2.37. The number of nitrogens with zero attached hydrogens (tertiary/aromatic N) is 2. The van der Waals surface area contributed by atoms with Crippen molar-refractivity contribution in [2.24, 2.45) is 0 Å². The fourth-order valence-electron chi connectivity index (χ4n) is 3.44. The van der Waals surface area contributed by atoms with Gasteiger partial charge in [0, 0.05) is 34.8 Å². The van der Waals surface area contributed by atoms with E-state index in [4.69, 9.17) is 0 Å². The van der Waals surface area contributed by atoms with Crippen LogP contribution in [-0.4, -0.2) is 42.9 Å². The van der Waals surface area contributed by atoms with Crippen LogP contribution >= 0.6 is 11.3 Å². The minimum absolute atomic E-state index is 0.108. The first-order valence-electron chi connectivity index (χ1n) is 8.70. The molecule has 2 aromatic rings. The van der Waals surface area contributed by atoms with E-state index in [1.807, 2.05) is 36.4 Å². The minimum atomic E-state index is 0.108. The van der Waals surface area contributed by atoms with Gasteiger partial charge in [-0.1, -0.05) is 30.3 Å². The summed E-state index contributed by atoms with van der Waals surface area (Å²) in [6.45, 7) is 6.57. The Morgan fingerprint density at radius 2 is 2.04 bits per heavy atom. The molecule has 1 atom stereocenters. The van der Waals surface area contributed by atoms with Crippen molar-refractivity contribution in [3.63, 3.8) is 0 Å². The van der Waals surface area contributed by atoms with E-state index < -0.39 is 0 Å². The Morgan fingerprint density at radius 3 is 2.76 bits per heavy atom. The molecule has 1 aromatic carbocycles. The lowest BCUT2D eigenvalue weighted by Gasteiger charge is -2.33. The molecule has 1 amide bonds. The third-order valence-corrected chi connectivity index (χ3v) is 5.74. The molecule has 0 saturated carbocycles. The van der Waals surface area contributed by atoms with Gasteiger partial charge in [0.2, 0.25) is 5.91 Å². The maximum atomic E-state index is 12.7. The zero-order valence-electron chi connectivity index (χ0n) is 15.5. The molecular formula is C21H26N2OS. The average Bonchev–Trinajstić information content (AvgIpc) is 2.94. The summed E-state index contributed by atoms with van der Waals surface area (Å²) in [6.07, 6.45) is 3.67. The lowest BCUT2D eigenvalue weighted by molar-refractivity contribution is -0.127. The second-order valence-electron chi connectivity index (χ2n) is 7.03. The Morgan fingerprint density at radius 1 is 1.28 bits per heavy atom. The Kier molecular flexibility index (Phi) is 5.40. The van der Waals surface area contributed by atoms with Gasteiger partial charge in [0.1, 0.15) is 0 Å². The molecule has 0 aliphatic carbocycles. The van der Waals surface area contributed by atoms with Crippen molar-refractivity contribution in [3.05, 3.63) is 68.9 Å². The van der Waals surface area contributed by atoms with Gasteiger partial charge in [-0.2, -0.15) is 0 Å². The molecule has 3 rings (SSSR count). The van der Waals surface area contributed by atoms with Crippen LogP contribution in [0, 0.1) is 13.8 Å². The van der Waals surface area contributed by atoms with E-state index in [1.165, 1.54) is 26.4 Å². The van der Waals surface area contributed by atoms with E-state index in [1.54, 1.807) is 6.08 Å². The maximum Gasteiger partial charge on any atom is 0.246 e. The van der Waals surface area contributed by atoms with Gasteiger partial charge in [-0.05, 0) is 50.7 Å². The predicted molar refractivity (Wildman–Crippen MR) is 105 cm³/mol. The predicted octanol–water partition coefficient (Wildman–Crippen LogP) is 3.96. The van der Waals surface area contributed by atoms with Crippen LogP contribution in [0.2, 0.25) is 0 Å². The van der Waals surface area contributed by atoms with Gasteiger partial charge in [-0.3, -0.25) is 4.79 Å². The maximum absolute atomic E-state index is 12.7. The van der Waals surface area contributed by atoms with Crippen LogP contribution in [0.5, 0.6) is 0 Å². The molecule has 4 heteroatoms. The Balaban J connectivity index is 1.89. The van der Waals surface area contributed by atoms with E-state index in [0.29, 0.717) is 0 Å². The van der Waals surface area contributed by atoms with Gasteiger partial charge >= 0.3 is 0 Å². The van der Waals surface area contributed by atoms with E-state index >= 15 is 0 Å². The summed E-state index contributed by atoms with van der Waals surface area (Å²) in [4.78, 5) is 19.4. The summed E-state index contributed by atoms with van der Waals surface area (Å²) in [7, 11) is 4.01. The van der Waals surface area contributed by atoms with Gasteiger partial charge in [0.15, 0.2) is 0 Å². The monoisotopic (exact) mass is 354 g/mol. The van der Waals surface area contributed by atoms with E-state index in [0.717, 1.165) is 19.6 Å². The Labute approximate surface area is 154 Å². The fraction of sp³-hybridized carbons (Fsp3) is 0.381. The summed E-state index contributed by atoms with van der Waals surface area (Å²) in [6, 6.07) is 10.8. The first kappa shape index (κ1) is 17.9. The Bertz CT molecular complexity index is 791. The van der Waals surface area contributed by atoms with Crippen molar-refractivity contribution >= 4 is 17.2 Å². The smallest absolute Gasteiger partial charge is 0.246 e. The van der Waals surface area contributed by atoms with Crippen LogP contribution in [0.15, 0.2) is 42.5 Å². The van der Waals surface area contributed by atoms with Crippen molar-refractivity contribution in [1.82, 2.24) is 9.80 Å². The summed E-state index contributed by atoms with van der Waals surface area (Å²) < 4.78 is 0. The summed E-state index contributed by atoms with van der Waals surface area (Å²) in [5.74, 6) is 0.373. The molecule has 1 aliphatic rings. The number of hydrogen-bond donors (Lipinski definition) is 0. The highest BCUT2D eigenvalue weighted by molar-refractivity contribution is 7.12. The number of carbonyl (C=O) groups excluding carboxylic acids is 1. The zero-order valence-corrected chi connectivity index (χ0v) is 16.3. The molecule has 2 heterocycles. The van der Waals surface area contributed by atoms with Gasteiger partial charge in [0.05, 0.1) is 6.54 Å². The highest BCUT2D eigenvalue weighted by atomic mass is 32.1. The molecule has 0 N–H and O–H groups in total. The van der Waals surface area contributed by atoms with E-state index in [2.05, 4.69) is 49.1 Å². The molecular weight excluding hydrogens is 328 g/mol. The average molecular weight is 355 g/mol. The summed E-state index contributed by atoms with van der Waals surface area (Å²) in [5, 5.41) is 0. The molecule has 0 saturated heterocycles. The molecule has 0 bridgehead atoms. The largest absolute Gasteiger partial charge is 0.333 e. The number of benzene rings is 1. The van der Waals surface area contributed by atoms with Gasteiger partial charge < -0.3 is 9.80 Å². The molecule has 0 fully saturated rings. The third kappa shape index (κ3) is 4.02. The highest BCUT2D eigenvalue weighted by Crippen LogP contribution is 2.39. The number of amides is 1. The molecule has 3 nitrogen and oxygen atoms in total. The highest BCUT2D eigenvalue weighted by Gasteiger charge is 2.30. The van der Waals surface area contributed by atoms with Crippen LogP contribution in [0.25, 0.3) is 0 Å². The lowest BCUT2D eigenvalue weighted by atomic mass is 9.86. The number of rotatable bonds is 4. The van der Waals surface area contributed by atoms with E-state index in [9.17, 15) is 4.79 Å². The number of thiophene rings is 1. The van der Waals surface area contributed by atoms with Crippen LogP contribution in [0.1, 0.15) is 32.4 Å². The fourth-order valence-corrected chi connectivity index (χ4v) is 4.55. The number of likely N-dealkylation sites (N-methyl/N-ethyl adjacent to an activating group) is 1. The van der Waals surface area contributed by atoms with Crippen LogP contribution < -0.4 is 0 Å². The molecule has 1 aromatic heterocycles. The van der Waals surface area contributed by atoms with Crippen molar-refractivity contribution in [1.29, 1.82) is 0 Å². The Hall–Kier alpha value is -1.91. The molecule has 1 aliphatic heterocycles. The van der Waals surface area contributed by atoms with Crippen LogP contribution in [-0.2, 0) is 11.3 Å². The number of hydrogen-bond acceptors (Lipinski definition) is 3. The quantitative estimate of drug-likeness (QED) is 0.776. The summed E-state index contributed by atoms with van der Waals surface area (Å²) in [5.41, 5.74) is 4.02. The minimum Gasteiger partial charge on any atom is -0.333 e. The second-order valence-corrected chi connectivity index (χ2v) is 8.37. The number of carbonyl (C=O) groups is 1. The summed E-state index contributed by atoms with van der Waals surface area (Å²) >= 11 is 1.82. The van der Waals surface area contributed by atoms with Crippen molar-refractivity contribution in [2.45, 2.75) is 26.3 Å². The second kappa shape index (κ2) is 7.54. The van der Waals surface area contributed by atoms with E-state index in [-0.39, 0.29) is 11.8 Å².